The normalized spacial score (nSPS) is 16.5. The topological polar surface area (TPSA) is 181 Å². The molecule has 1 fully saturated rings. The van der Waals surface area contributed by atoms with Crippen LogP contribution in [0, 0.1) is 18.3 Å². The van der Waals surface area contributed by atoms with Crippen molar-refractivity contribution in [3.8, 4) is 6.07 Å². The maximum absolute atomic E-state index is 13.1. The first-order valence-electron chi connectivity index (χ1n) is 17.8. The number of hydrogen-bond donors (Lipinski definition) is 3. The number of esters is 1. The number of nitriles is 1. The Morgan fingerprint density at radius 1 is 0.946 bits per heavy atom. The lowest BCUT2D eigenvalue weighted by molar-refractivity contribution is -0.134. The van der Waals surface area contributed by atoms with Crippen LogP contribution >= 0.6 is 11.6 Å². The van der Waals surface area contributed by atoms with Crippen LogP contribution in [0.2, 0.25) is 5.02 Å². The van der Waals surface area contributed by atoms with Gasteiger partial charge in [-0.3, -0.25) is 9.36 Å². The van der Waals surface area contributed by atoms with Crippen molar-refractivity contribution in [3.63, 3.8) is 0 Å². The highest BCUT2D eigenvalue weighted by molar-refractivity contribution is 6.30. The zero-order chi connectivity index (χ0) is 39.6. The van der Waals surface area contributed by atoms with Crippen molar-refractivity contribution in [3.05, 3.63) is 154 Å². The van der Waals surface area contributed by atoms with E-state index in [0.717, 1.165) is 16.7 Å². The summed E-state index contributed by atoms with van der Waals surface area (Å²) in [7, 11) is 0. The number of nitrogens with zero attached hydrogens (tertiary/aromatic N) is 5. The summed E-state index contributed by atoms with van der Waals surface area (Å²) in [5, 5.41) is 25.1. The van der Waals surface area contributed by atoms with Crippen LogP contribution in [0.5, 0.6) is 0 Å². The number of hydrogen-bond acceptors (Lipinski definition) is 10. The quantitative estimate of drug-likeness (QED) is 0.116. The fraction of sp³-hybridized carbons (Fsp3) is 0.214. The van der Waals surface area contributed by atoms with Crippen LogP contribution in [0.3, 0.4) is 0 Å². The molecule has 4 atom stereocenters. The van der Waals surface area contributed by atoms with Crippen LogP contribution in [-0.4, -0.2) is 67.8 Å². The summed E-state index contributed by atoms with van der Waals surface area (Å²) in [6, 6.07) is 34.9. The second kappa shape index (κ2) is 18.1. The average molecular weight is 772 g/mol. The minimum absolute atomic E-state index is 0.0803. The second-order valence-corrected chi connectivity index (χ2v) is 13.3. The van der Waals surface area contributed by atoms with Gasteiger partial charge in [0.2, 0.25) is 11.7 Å². The molecule has 0 spiro atoms. The molecular formula is C42H38ClN7O6. The number of carboxylic acids is 1. The van der Waals surface area contributed by atoms with E-state index < -0.39 is 30.4 Å². The van der Waals surface area contributed by atoms with Gasteiger partial charge in [0.1, 0.15) is 12.2 Å². The first-order chi connectivity index (χ1) is 27.1. The lowest BCUT2D eigenvalue weighted by atomic mass is 9.90. The molecule has 6 aromatic rings. The first kappa shape index (κ1) is 39.1. The number of anilines is 1. The third-order valence-electron chi connectivity index (χ3n) is 9.02. The minimum atomic E-state index is -0.941. The number of nitrogens with one attached hydrogen (secondary N) is 2. The molecular weight excluding hydrogens is 734 g/mol. The summed E-state index contributed by atoms with van der Waals surface area (Å²) in [5.41, 5.74) is 4.65. The fourth-order valence-electron chi connectivity index (χ4n) is 6.20. The van der Waals surface area contributed by atoms with Gasteiger partial charge in [0, 0.05) is 30.5 Å². The number of carbonyl (C=O) groups excluding carboxylic acids is 2. The number of benzene rings is 4. The molecule has 0 bridgehead atoms. The van der Waals surface area contributed by atoms with Crippen molar-refractivity contribution in [2.24, 2.45) is 0 Å². The molecule has 0 radical (unpaired) electrons. The van der Waals surface area contributed by atoms with E-state index in [9.17, 15) is 19.6 Å². The van der Waals surface area contributed by atoms with Gasteiger partial charge in [-0.15, -0.1) is 0 Å². The predicted octanol–water partition coefficient (Wildman–Crippen LogP) is 6.94. The molecule has 2 unspecified atom stereocenters. The summed E-state index contributed by atoms with van der Waals surface area (Å²) >= 11 is 6.19. The van der Waals surface area contributed by atoms with Gasteiger partial charge in [0.25, 0.3) is 0 Å². The number of carbonyl (C=O) groups is 3. The van der Waals surface area contributed by atoms with Gasteiger partial charge in [-0.2, -0.15) is 15.2 Å². The standard InChI is InChI=1S/C35H32ClN7O4.C7H6O2/c1-3-38-33(44)27-17-28(47-35(45)24-7-5-4-6-8-24)34(46-27)43-20-40-30-31(41-29(18-37)42-32(30)43)39-19-26(22-11-9-21(2)10-12-22)23-13-15-25(36)16-14-23;8-7(9)6-4-2-1-3-5-6/h4-16,20,26-28,34H,3,17,19H2,1-2H3,(H,38,44)(H,39,41,42);1-5H,(H,8,9)/t26?,27-,28+,34?;/m0./s1. The van der Waals surface area contributed by atoms with Gasteiger partial charge >= 0.3 is 11.9 Å². The van der Waals surface area contributed by atoms with Crippen molar-refractivity contribution in [1.29, 1.82) is 5.26 Å². The highest BCUT2D eigenvalue weighted by Gasteiger charge is 2.43. The van der Waals surface area contributed by atoms with Gasteiger partial charge < -0.3 is 25.2 Å². The molecule has 3 N–H and O–H groups in total. The Bertz CT molecular complexity index is 2290. The molecule has 284 valence electrons. The van der Waals surface area contributed by atoms with Gasteiger partial charge in [0.05, 0.1) is 17.5 Å². The molecule has 13 nitrogen and oxygen atoms in total. The SMILES string of the molecule is CCNC(=O)[C@@H]1C[C@@H](OC(=O)c2ccccc2)C(n2cnc3c(NCC(c4ccc(C)cc4)c4ccc(Cl)cc4)nc(C#N)nc32)O1.O=C(O)c1ccccc1. The van der Waals surface area contributed by atoms with E-state index in [2.05, 4.69) is 49.9 Å². The van der Waals surface area contributed by atoms with Crippen molar-refractivity contribution in [1.82, 2.24) is 24.8 Å². The van der Waals surface area contributed by atoms with Crippen LogP contribution in [0.15, 0.2) is 116 Å². The summed E-state index contributed by atoms with van der Waals surface area (Å²) in [5.74, 6) is -1.56. The number of aromatic carboxylic acids is 1. The number of imidazole rings is 1. The van der Waals surface area contributed by atoms with Crippen LogP contribution < -0.4 is 10.6 Å². The van der Waals surface area contributed by atoms with E-state index in [-0.39, 0.29) is 24.1 Å². The third-order valence-corrected chi connectivity index (χ3v) is 9.27. The molecule has 1 aliphatic heterocycles. The third kappa shape index (κ3) is 9.35. The number of ether oxygens (including phenoxy) is 2. The van der Waals surface area contributed by atoms with Crippen LogP contribution in [-0.2, 0) is 14.3 Å². The zero-order valence-corrected chi connectivity index (χ0v) is 31.3. The van der Waals surface area contributed by atoms with E-state index >= 15 is 0 Å². The number of halogens is 1. The molecule has 1 amide bonds. The van der Waals surface area contributed by atoms with Gasteiger partial charge in [0.15, 0.2) is 29.3 Å². The Labute approximate surface area is 327 Å². The lowest BCUT2D eigenvalue weighted by Crippen LogP contribution is -2.34. The van der Waals surface area contributed by atoms with Crippen LogP contribution in [0.4, 0.5) is 5.82 Å². The molecule has 0 saturated carbocycles. The Morgan fingerprint density at radius 2 is 1.57 bits per heavy atom. The van der Waals surface area contributed by atoms with Gasteiger partial charge in [-0.1, -0.05) is 90.0 Å². The molecule has 2 aromatic heterocycles. The van der Waals surface area contributed by atoms with Crippen LogP contribution in [0.1, 0.15) is 68.7 Å². The van der Waals surface area contributed by atoms with E-state index in [1.54, 1.807) is 65.2 Å². The number of aryl methyl sites for hydroxylation is 1. The number of rotatable bonds is 11. The van der Waals surface area contributed by atoms with Crippen molar-refractivity contribution < 1.29 is 29.0 Å². The van der Waals surface area contributed by atoms with Gasteiger partial charge in [-0.05, 0) is 61.4 Å². The molecule has 1 saturated heterocycles. The number of aromatic nitrogens is 4. The molecule has 1 aliphatic rings. The van der Waals surface area contributed by atoms with E-state index in [1.165, 1.54) is 6.33 Å². The van der Waals surface area contributed by atoms with Crippen molar-refractivity contribution in [2.75, 3.05) is 18.4 Å². The first-order valence-corrected chi connectivity index (χ1v) is 18.2. The number of fused-ring (bicyclic) bond motifs is 1. The zero-order valence-electron chi connectivity index (χ0n) is 30.5. The minimum Gasteiger partial charge on any atom is -0.478 e. The van der Waals surface area contributed by atoms with Crippen molar-refractivity contribution >= 4 is 46.4 Å². The highest BCUT2D eigenvalue weighted by Crippen LogP contribution is 2.35. The Hall–Kier alpha value is -6.62. The van der Waals surface area contributed by atoms with E-state index in [4.69, 9.17) is 26.2 Å². The number of amides is 1. The molecule has 56 heavy (non-hydrogen) atoms. The highest BCUT2D eigenvalue weighted by atomic mass is 35.5. The van der Waals surface area contributed by atoms with E-state index in [0.29, 0.717) is 46.2 Å². The molecule has 7 rings (SSSR count). The second-order valence-electron chi connectivity index (χ2n) is 12.9. The maximum Gasteiger partial charge on any atom is 0.338 e. The smallest absolute Gasteiger partial charge is 0.338 e. The predicted molar refractivity (Wildman–Crippen MR) is 209 cm³/mol. The summed E-state index contributed by atoms with van der Waals surface area (Å²) in [4.78, 5) is 49.6. The summed E-state index contributed by atoms with van der Waals surface area (Å²) in [6.07, 6.45) is -1.05. The maximum atomic E-state index is 13.1. The molecule has 4 aromatic carbocycles. The van der Waals surface area contributed by atoms with Crippen LogP contribution in [0.25, 0.3) is 11.2 Å². The summed E-state index contributed by atoms with van der Waals surface area (Å²) in [6.45, 7) is 4.69. The van der Waals surface area contributed by atoms with Gasteiger partial charge in [-0.25, -0.2) is 14.6 Å². The Kier molecular flexibility index (Phi) is 12.7. The Balaban J connectivity index is 0.000000520. The Morgan fingerprint density at radius 3 is 2.16 bits per heavy atom. The molecule has 3 heterocycles. The molecule has 0 aliphatic carbocycles. The lowest BCUT2D eigenvalue weighted by Gasteiger charge is -2.21. The molecule has 14 heteroatoms. The largest absolute Gasteiger partial charge is 0.478 e. The van der Waals surface area contributed by atoms with Crippen molar-refractivity contribution in [2.45, 2.75) is 44.6 Å². The number of likely N-dealkylation sites (N-methyl/N-ethyl adjacent to an activating group) is 1. The fourth-order valence-corrected chi connectivity index (χ4v) is 6.33. The number of carboxylic acid groups (broad SMARTS) is 1. The van der Waals surface area contributed by atoms with E-state index in [1.807, 2.05) is 44.2 Å². The summed E-state index contributed by atoms with van der Waals surface area (Å²) < 4.78 is 13.7. The monoisotopic (exact) mass is 771 g/mol. The average Bonchev–Trinajstić information content (AvgIpc) is 3.84.